The third-order valence-corrected chi connectivity index (χ3v) is 11.5. The number of fused-ring (bicyclic) bond motifs is 2. The van der Waals surface area contributed by atoms with Crippen molar-refractivity contribution in [1.29, 1.82) is 0 Å². The quantitative estimate of drug-likeness (QED) is 0.263. The van der Waals surface area contributed by atoms with Gasteiger partial charge >= 0.3 is 11.9 Å². The van der Waals surface area contributed by atoms with Gasteiger partial charge in [-0.1, -0.05) is 32.9 Å². The highest BCUT2D eigenvalue weighted by molar-refractivity contribution is 5.75. The number of pyridine rings is 1. The fourth-order valence-corrected chi connectivity index (χ4v) is 8.72. The van der Waals surface area contributed by atoms with Gasteiger partial charge in [-0.2, -0.15) is 0 Å². The lowest BCUT2D eigenvalue weighted by atomic mass is 9.77. The number of nitrogens with zero attached hydrogens (tertiary/aromatic N) is 3. The van der Waals surface area contributed by atoms with Crippen molar-refractivity contribution in [1.82, 2.24) is 14.8 Å². The summed E-state index contributed by atoms with van der Waals surface area (Å²) >= 11 is 0. The number of hydrogen-bond donors (Lipinski definition) is 3. The number of likely N-dealkylation sites (N-methyl/N-ethyl adjacent to an activating group) is 1. The summed E-state index contributed by atoms with van der Waals surface area (Å²) < 4.78 is 31.6. The molecule has 4 heterocycles. The average molecular weight is 748 g/mol. The summed E-state index contributed by atoms with van der Waals surface area (Å²) in [5.41, 5.74) is -2.69. The molecule has 16 atom stereocenters. The highest BCUT2D eigenvalue weighted by Crippen LogP contribution is 2.39. The topological polar surface area (TPSA) is 160 Å². The fourth-order valence-electron chi connectivity index (χ4n) is 8.72. The Morgan fingerprint density at radius 2 is 1.83 bits per heavy atom. The van der Waals surface area contributed by atoms with E-state index in [1.165, 1.54) is 0 Å². The number of esters is 2. The standard InChI is InChI=1S/C40H65N3O10/c1-12-29-22-43-21-23(3)20-39(8,47)35(53-38-33(45)30(42(10)11)18-24(4)49-38)25(5)34(52-32(44)19-28-16-14-15-17-41-28)26(6)37(46)51-31(13-2)40(9,48)36(50-29)27(43)7/h12,14-17,23-27,29-31,33-36,38,45,47-48H,1,13,18-22H2,2-11H3/t23-,24-,25+,26-,27-,29?,30+,31-,33-,34+,35-,36+,38-,39-,40-/m1/s1. The van der Waals surface area contributed by atoms with Crippen molar-refractivity contribution >= 4 is 11.9 Å². The molecule has 1 aromatic rings. The Labute approximate surface area is 316 Å². The summed E-state index contributed by atoms with van der Waals surface area (Å²) in [6.07, 6.45) is -2.56. The first-order valence-electron chi connectivity index (χ1n) is 19.2. The van der Waals surface area contributed by atoms with Crippen LogP contribution in [0.1, 0.15) is 80.3 Å². The van der Waals surface area contributed by atoms with Crippen molar-refractivity contribution in [2.75, 3.05) is 27.2 Å². The summed E-state index contributed by atoms with van der Waals surface area (Å²) in [7, 11) is 3.76. The Bertz CT molecular complexity index is 1360. The van der Waals surface area contributed by atoms with Crippen molar-refractivity contribution in [3.63, 3.8) is 0 Å². The van der Waals surface area contributed by atoms with Crippen molar-refractivity contribution in [3.05, 3.63) is 42.7 Å². The van der Waals surface area contributed by atoms with Crippen LogP contribution in [-0.2, 0) is 39.7 Å². The summed E-state index contributed by atoms with van der Waals surface area (Å²) in [6, 6.07) is 4.66. The molecular weight excluding hydrogens is 682 g/mol. The Balaban J connectivity index is 1.81. The van der Waals surface area contributed by atoms with Crippen LogP contribution in [0.4, 0.5) is 0 Å². The van der Waals surface area contributed by atoms with Crippen molar-refractivity contribution in [2.45, 2.75) is 153 Å². The minimum atomic E-state index is -1.60. The molecule has 4 rings (SSSR count). The van der Waals surface area contributed by atoms with E-state index in [2.05, 4.69) is 16.5 Å². The van der Waals surface area contributed by atoms with Gasteiger partial charge < -0.3 is 43.9 Å². The average Bonchev–Trinajstić information content (AvgIpc) is 3.09. The zero-order valence-corrected chi connectivity index (χ0v) is 33.4. The van der Waals surface area contributed by atoms with Gasteiger partial charge in [0, 0.05) is 37.3 Å². The van der Waals surface area contributed by atoms with E-state index in [-0.39, 0.29) is 43.4 Å². The lowest BCUT2D eigenvalue weighted by molar-refractivity contribution is -0.299. The molecule has 0 saturated carbocycles. The molecule has 3 aliphatic heterocycles. The molecule has 53 heavy (non-hydrogen) atoms. The van der Waals surface area contributed by atoms with Crippen molar-refractivity contribution in [2.24, 2.45) is 17.8 Å². The van der Waals surface area contributed by atoms with Crippen molar-refractivity contribution < 1.29 is 48.6 Å². The predicted molar refractivity (Wildman–Crippen MR) is 199 cm³/mol. The number of aromatic nitrogens is 1. The first-order valence-corrected chi connectivity index (χ1v) is 19.2. The van der Waals surface area contributed by atoms with Gasteiger partial charge in [0.1, 0.15) is 30.0 Å². The number of cyclic esters (lactones) is 1. The van der Waals surface area contributed by atoms with Gasteiger partial charge in [-0.3, -0.25) is 19.5 Å². The molecule has 13 heteroatoms. The highest BCUT2D eigenvalue weighted by atomic mass is 16.7. The Morgan fingerprint density at radius 3 is 2.43 bits per heavy atom. The van der Waals surface area contributed by atoms with Gasteiger partial charge in [0.25, 0.3) is 0 Å². The normalized spacial score (nSPS) is 43.2. The van der Waals surface area contributed by atoms with Crippen LogP contribution in [0.5, 0.6) is 0 Å². The molecule has 1 aromatic heterocycles. The molecule has 300 valence electrons. The molecule has 13 nitrogen and oxygen atoms in total. The predicted octanol–water partition coefficient (Wildman–Crippen LogP) is 3.13. The van der Waals surface area contributed by atoms with E-state index >= 15 is 0 Å². The van der Waals surface area contributed by atoms with Crippen LogP contribution in [0, 0.1) is 17.8 Å². The minimum Gasteiger partial charge on any atom is -0.461 e. The van der Waals surface area contributed by atoms with E-state index in [4.69, 9.17) is 23.7 Å². The number of rotatable bonds is 8. The van der Waals surface area contributed by atoms with Crippen molar-refractivity contribution in [3.8, 4) is 0 Å². The molecule has 0 radical (unpaired) electrons. The van der Waals surface area contributed by atoms with Crippen LogP contribution < -0.4 is 0 Å². The van der Waals surface area contributed by atoms with Crippen LogP contribution >= 0.6 is 0 Å². The highest BCUT2D eigenvalue weighted by Gasteiger charge is 2.53. The molecule has 3 N–H and O–H groups in total. The number of hydrogen-bond acceptors (Lipinski definition) is 13. The second-order valence-electron chi connectivity index (χ2n) is 16.5. The van der Waals surface area contributed by atoms with Gasteiger partial charge in [0.15, 0.2) is 6.29 Å². The molecule has 3 aliphatic rings. The minimum absolute atomic E-state index is 0.113. The lowest BCUT2D eigenvalue weighted by Gasteiger charge is -2.50. The molecule has 2 unspecified atom stereocenters. The number of carbonyl (C=O) groups excluding carboxylic acids is 2. The second-order valence-corrected chi connectivity index (χ2v) is 16.5. The third kappa shape index (κ3) is 10.2. The first-order chi connectivity index (χ1) is 24.8. The molecule has 0 aliphatic carbocycles. The number of aliphatic hydroxyl groups excluding tert-OH is 1. The van der Waals surface area contributed by atoms with Crippen LogP contribution in [0.2, 0.25) is 0 Å². The maximum atomic E-state index is 14.2. The van der Waals surface area contributed by atoms with E-state index in [1.54, 1.807) is 58.2 Å². The van der Waals surface area contributed by atoms with Crippen LogP contribution in [0.25, 0.3) is 0 Å². The van der Waals surface area contributed by atoms with Gasteiger partial charge in [0.2, 0.25) is 0 Å². The molecule has 0 amide bonds. The Hall–Kier alpha value is -2.49. The molecule has 3 saturated heterocycles. The maximum absolute atomic E-state index is 14.2. The number of aliphatic hydroxyl groups is 3. The third-order valence-electron chi connectivity index (χ3n) is 11.5. The smallest absolute Gasteiger partial charge is 0.312 e. The summed E-state index contributed by atoms with van der Waals surface area (Å²) in [6.45, 7) is 19.5. The zero-order valence-electron chi connectivity index (χ0n) is 33.4. The van der Waals surface area contributed by atoms with E-state index < -0.39 is 77.9 Å². The van der Waals surface area contributed by atoms with Crippen LogP contribution in [-0.4, -0.2) is 142 Å². The molecule has 0 spiro atoms. The number of morpholine rings is 1. The summed E-state index contributed by atoms with van der Waals surface area (Å²) in [5, 5.41) is 36.2. The summed E-state index contributed by atoms with van der Waals surface area (Å²) in [4.78, 5) is 36.2. The van der Waals surface area contributed by atoms with Gasteiger partial charge in [-0.15, -0.1) is 6.58 Å². The van der Waals surface area contributed by atoms with Crippen LogP contribution in [0.3, 0.4) is 0 Å². The van der Waals surface area contributed by atoms with Gasteiger partial charge in [-0.05, 0) is 86.0 Å². The molecule has 0 aromatic carbocycles. The second kappa shape index (κ2) is 18.0. The Morgan fingerprint density at radius 1 is 1.13 bits per heavy atom. The maximum Gasteiger partial charge on any atom is 0.312 e. The van der Waals surface area contributed by atoms with E-state index in [0.29, 0.717) is 25.2 Å². The largest absolute Gasteiger partial charge is 0.461 e. The first kappa shape index (κ1) is 43.2. The zero-order chi connectivity index (χ0) is 39.4. The van der Waals surface area contributed by atoms with Crippen LogP contribution in [0.15, 0.2) is 37.1 Å². The molecular formula is C40H65N3O10. The SMILES string of the molecule is C=CC1CN2C[C@H](C)C[C@@](C)(O)[C@H](O[C@H]3O[C@H](C)C[C@H](N(C)C)[C@H]3O)[C@@H](C)[C@H](OC(=O)Cc3ccccn3)[C@@H](C)C(=O)O[C@H](CC)[C@@](C)(O)[C@@H](O1)[C@H]2C. The van der Waals surface area contributed by atoms with Gasteiger partial charge in [-0.25, -0.2) is 0 Å². The summed E-state index contributed by atoms with van der Waals surface area (Å²) in [5.74, 6) is -3.33. The van der Waals surface area contributed by atoms with E-state index in [0.717, 1.165) is 0 Å². The van der Waals surface area contributed by atoms with Gasteiger partial charge in [0.05, 0.1) is 41.9 Å². The monoisotopic (exact) mass is 747 g/mol. The lowest BCUT2D eigenvalue weighted by Crippen LogP contribution is -2.65. The van der Waals surface area contributed by atoms with E-state index in [1.807, 2.05) is 46.7 Å². The molecule has 3 fully saturated rings. The molecule has 2 bridgehead atoms. The number of carbonyl (C=O) groups is 2. The number of ether oxygens (including phenoxy) is 5. The Kier molecular flexibility index (Phi) is 14.7. The van der Waals surface area contributed by atoms with E-state index in [9.17, 15) is 24.9 Å². The fraction of sp³-hybridized carbons (Fsp3) is 0.775.